The summed E-state index contributed by atoms with van der Waals surface area (Å²) in [7, 11) is 0. The van der Waals surface area contributed by atoms with Crippen molar-refractivity contribution in [2.45, 2.75) is 71.6 Å². The van der Waals surface area contributed by atoms with Crippen molar-refractivity contribution in [3.63, 3.8) is 0 Å². The molecule has 0 fully saturated rings. The van der Waals surface area contributed by atoms with E-state index in [0.717, 1.165) is 12.8 Å². The van der Waals surface area contributed by atoms with Gasteiger partial charge in [0.1, 0.15) is 6.61 Å². The lowest BCUT2D eigenvalue weighted by Crippen LogP contribution is -2.02. The third-order valence-electron chi connectivity index (χ3n) is 2.71. The fourth-order valence-corrected chi connectivity index (χ4v) is 1.60. The van der Waals surface area contributed by atoms with Gasteiger partial charge >= 0.3 is 5.97 Å². The number of carbonyl (C=O) groups is 1. The zero-order valence-electron chi connectivity index (χ0n) is 11.5. The van der Waals surface area contributed by atoms with Crippen LogP contribution in [0.3, 0.4) is 0 Å². The molecule has 0 rings (SSSR count). The Hall–Kier alpha value is -0.790. The predicted octanol–water partition coefficient (Wildman–Crippen LogP) is 4.80. The Bertz CT molecular complexity index is 209. The molecule has 0 aliphatic rings. The third kappa shape index (κ3) is 11.5. The molecule has 0 spiro atoms. The van der Waals surface area contributed by atoms with Gasteiger partial charge in [-0.1, -0.05) is 58.4 Å². The molecule has 0 amide bonds. The molecule has 99 valence electrons. The zero-order valence-corrected chi connectivity index (χ0v) is 11.5. The van der Waals surface area contributed by atoms with E-state index >= 15 is 0 Å². The second-order valence-corrected chi connectivity index (χ2v) is 4.62. The molecule has 0 aromatic rings. The molecule has 0 aliphatic heterocycles. The van der Waals surface area contributed by atoms with Crippen LogP contribution < -0.4 is 0 Å². The van der Waals surface area contributed by atoms with Gasteiger partial charge in [-0.25, -0.2) is 4.79 Å². The van der Waals surface area contributed by atoms with E-state index < -0.39 is 0 Å². The van der Waals surface area contributed by atoms with Gasteiger partial charge in [-0.2, -0.15) is 0 Å². The van der Waals surface area contributed by atoms with Gasteiger partial charge in [-0.3, -0.25) is 0 Å². The van der Waals surface area contributed by atoms with Crippen molar-refractivity contribution < 1.29 is 9.53 Å². The van der Waals surface area contributed by atoms with Crippen LogP contribution in [0.15, 0.2) is 12.2 Å². The molecule has 1 radical (unpaired) electrons. The number of carbonyl (C=O) groups excluding carboxylic acids is 1. The summed E-state index contributed by atoms with van der Waals surface area (Å²) in [4.78, 5) is 11.0. The average Bonchev–Trinajstić information content (AvgIpc) is 2.31. The number of hydrogen-bond acceptors (Lipinski definition) is 2. The third-order valence-corrected chi connectivity index (χ3v) is 2.71. The van der Waals surface area contributed by atoms with Crippen LogP contribution in [0.1, 0.15) is 71.6 Å². The molecule has 0 unspecified atom stereocenters. The molecule has 0 aromatic heterocycles. The van der Waals surface area contributed by atoms with E-state index in [1.807, 2.05) is 0 Å². The molecule has 0 aromatic carbocycles. The minimum Gasteiger partial charge on any atom is -0.455 e. The number of hydrogen-bond donors (Lipinski definition) is 0. The van der Waals surface area contributed by atoms with Crippen molar-refractivity contribution in [1.82, 2.24) is 0 Å². The fraction of sp³-hybridized carbons (Fsp3) is 0.733. The molecule has 0 saturated heterocycles. The van der Waals surface area contributed by atoms with Gasteiger partial charge in [0, 0.05) is 5.57 Å². The van der Waals surface area contributed by atoms with Gasteiger partial charge < -0.3 is 4.74 Å². The Balaban J connectivity index is 3.08. The second kappa shape index (κ2) is 11.7. The van der Waals surface area contributed by atoms with Gasteiger partial charge in [0.25, 0.3) is 0 Å². The molecule has 0 N–H and O–H groups in total. The summed E-state index contributed by atoms with van der Waals surface area (Å²) < 4.78 is 4.90. The summed E-state index contributed by atoms with van der Waals surface area (Å²) in [5, 5.41) is 0. The standard InChI is InChI=1S/C15H27O2/c1-4-5-6-7-8-9-10-11-12-13-17-15(16)14(2)3/h13H,2,4-12H2,1,3H3. The van der Waals surface area contributed by atoms with Crippen LogP contribution in [0.5, 0.6) is 0 Å². The van der Waals surface area contributed by atoms with Crippen molar-refractivity contribution in [2.24, 2.45) is 0 Å². The van der Waals surface area contributed by atoms with Crippen LogP contribution in [-0.4, -0.2) is 5.97 Å². The van der Waals surface area contributed by atoms with E-state index in [9.17, 15) is 4.79 Å². The van der Waals surface area contributed by atoms with E-state index in [4.69, 9.17) is 4.74 Å². The Morgan fingerprint density at radius 2 is 1.59 bits per heavy atom. The molecule has 2 nitrogen and oxygen atoms in total. The van der Waals surface area contributed by atoms with Crippen LogP contribution >= 0.6 is 0 Å². The monoisotopic (exact) mass is 239 g/mol. The first-order valence-electron chi connectivity index (χ1n) is 6.86. The van der Waals surface area contributed by atoms with Gasteiger partial charge in [0.15, 0.2) is 0 Å². The number of unbranched alkanes of at least 4 members (excludes halogenated alkanes) is 8. The summed E-state index contributed by atoms with van der Waals surface area (Å²) in [6.07, 6.45) is 11.2. The Labute approximate surface area is 106 Å². The minimum absolute atomic E-state index is 0.315. The van der Waals surface area contributed by atoms with Crippen LogP contribution in [-0.2, 0) is 9.53 Å². The van der Waals surface area contributed by atoms with Gasteiger partial charge in [-0.15, -0.1) is 0 Å². The lowest BCUT2D eigenvalue weighted by Gasteiger charge is -2.03. The number of esters is 1. The summed E-state index contributed by atoms with van der Waals surface area (Å²) in [6, 6.07) is 0. The van der Waals surface area contributed by atoms with E-state index in [2.05, 4.69) is 13.5 Å². The highest BCUT2D eigenvalue weighted by molar-refractivity contribution is 5.87. The fourth-order valence-electron chi connectivity index (χ4n) is 1.60. The predicted molar refractivity (Wildman–Crippen MR) is 72.4 cm³/mol. The lowest BCUT2D eigenvalue weighted by molar-refractivity contribution is -0.135. The van der Waals surface area contributed by atoms with Crippen LogP contribution in [0.4, 0.5) is 0 Å². The topological polar surface area (TPSA) is 26.3 Å². The SMILES string of the molecule is C=C(C)C(=O)O[CH]CCCCCCCCCC. The van der Waals surface area contributed by atoms with Crippen molar-refractivity contribution in [1.29, 1.82) is 0 Å². The van der Waals surface area contributed by atoms with Crippen molar-refractivity contribution in [2.75, 3.05) is 0 Å². The zero-order chi connectivity index (χ0) is 12.9. The van der Waals surface area contributed by atoms with Gasteiger partial charge in [0.2, 0.25) is 0 Å². The average molecular weight is 239 g/mol. The van der Waals surface area contributed by atoms with E-state index in [0.29, 0.717) is 5.57 Å². The maximum Gasteiger partial charge on any atom is 0.333 e. The molecule has 0 bridgehead atoms. The minimum atomic E-state index is -0.315. The largest absolute Gasteiger partial charge is 0.455 e. The molecule has 0 heterocycles. The molecule has 0 aliphatic carbocycles. The molecular weight excluding hydrogens is 212 g/mol. The summed E-state index contributed by atoms with van der Waals surface area (Å²) in [5.41, 5.74) is 0.456. The lowest BCUT2D eigenvalue weighted by atomic mass is 10.1. The van der Waals surface area contributed by atoms with Crippen molar-refractivity contribution in [3.8, 4) is 0 Å². The van der Waals surface area contributed by atoms with Gasteiger partial charge in [0.05, 0.1) is 0 Å². The highest BCUT2D eigenvalue weighted by atomic mass is 16.5. The van der Waals surface area contributed by atoms with Crippen LogP contribution in [0, 0.1) is 6.61 Å². The van der Waals surface area contributed by atoms with Crippen molar-refractivity contribution >= 4 is 5.97 Å². The normalized spacial score (nSPS) is 10.2. The highest BCUT2D eigenvalue weighted by Gasteiger charge is 2.02. The second-order valence-electron chi connectivity index (χ2n) is 4.62. The highest BCUT2D eigenvalue weighted by Crippen LogP contribution is 2.10. The summed E-state index contributed by atoms with van der Waals surface area (Å²) in [6.45, 7) is 9.03. The first kappa shape index (κ1) is 16.2. The Kier molecular flexibility index (Phi) is 11.1. The maximum atomic E-state index is 11.0. The summed E-state index contributed by atoms with van der Waals surface area (Å²) >= 11 is 0. The number of rotatable bonds is 11. The Morgan fingerprint density at radius 3 is 2.12 bits per heavy atom. The Morgan fingerprint density at radius 1 is 1.06 bits per heavy atom. The number of ether oxygens (including phenoxy) is 1. The van der Waals surface area contributed by atoms with E-state index in [1.54, 1.807) is 13.5 Å². The first-order chi connectivity index (χ1) is 8.18. The van der Waals surface area contributed by atoms with Gasteiger partial charge in [-0.05, 0) is 19.8 Å². The molecule has 0 saturated carbocycles. The van der Waals surface area contributed by atoms with E-state index in [1.165, 1.54) is 44.9 Å². The molecule has 0 atom stereocenters. The molecule has 2 heteroatoms. The van der Waals surface area contributed by atoms with Crippen molar-refractivity contribution in [3.05, 3.63) is 18.8 Å². The van der Waals surface area contributed by atoms with E-state index in [-0.39, 0.29) is 5.97 Å². The first-order valence-corrected chi connectivity index (χ1v) is 6.86. The molecular formula is C15H27O2. The van der Waals surface area contributed by atoms with Crippen LogP contribution in [0.25, 0.3) is 0 Å². The summed E-state index contributed by atoms with van der Waals surface area (Å²) in [5.74, 6) is -0.315. The maximum absolute atomic E-state index is 11.0. The molecule has 17 heavy (non-hydrogen) atoms. The van der Waals surface area contributed by atoms with Crippen LogP contribution in [0.2, 0.25) is 0 Å². The quantitative estimate of drug-likeness (QED) is 0.294. The smallest absolute Gasteiger partial charge is 0.333 e.